The highest BCUT2D eigenvalue weighted by Gasteiger charge is 2.19. The summed E-state index contributed by atoms with van der Waals surface area (Å²) < 4.78 is 38.5. The van der Waals surface area contributed by atoms with Crippen LogP contribution in [-0.2, 0) is 14.8 Å². The van der Waals surface area contributed by atoms with Crippen LogP contribution in [0.5, 0.6) is 11.5 Å². The minimum Gasteiger partial charge on any atom is -0.493 e. The lowest BCUT2D eigenvalue weighted by Gasteiger charge is -2.15. The summed E-state index contributed by atoms with van der Waals surface area (Å²) in [7, 11) is -0.893. The molecular weight excluding hydrogens is 400 g/mol. The summed E-state index contributed by atoms with van der Waals surface area (Å²) >= 11 is 1.42. The van der Waals surface area contributed by atoms with Gasteiger partial charge in [-0.2, -0.15) is 0 Å². The molecular formula is C19H24N2O5S2. The molecule has 2 N–H and O–H groups in total. The number of anilines is 2. The van der Waals surface area contributed by atoms with Crippen molar-refractivity contribution in [3.05, 3.63) is 36.4 Å². The van der Waals surface area contributed by atoms with E-state index < -0.39 is 10.0 Å². The predicted octanol–water partition coefficient (Wildman–Crippen LogP) is 3.82. The molecule has 2 rings (SSSR count). The highest BCUT2D eigenvalue weighted by atomic mass is 32.2. The Morgan fingerprint density at radius 1 is 1.04 bits per heavy atom. The number of ether oxygens (including phenoxy) is 2. The lowest BCUT2D eigenvalue weighted by Crippen LogP contribution is -2.19. The molecule has 7 nitrogen and oxygen atoms in total. The minimum absolute atomic E-state index is 0.0409. The van der Waals surface area contributed by atoms with Crippen LogP contribution in [0.3, 0.4) is 0 Å². The zero-order valence-electron chi connectivity index (χ0n) is 16.4. The van der Waals surface area contributed by atoms with E-state index in [0.717, 1.165) is 4.90 Å². The van der Waals surface area contributed by atoms with E-state index in [1.165, 1.54) is 44.2 Å². The second-order valence-corrected chi connectivity index (χ2v) is 8.71. The van der Waals surface area contributed by atoms with Crippen molar-refractivity contribution in [1.29, 1.82) is 0 Å². The third-order valence-corrected chi connectivity index (χ3v) is 6.07. The van der Waals surface area contributed by atoms with Crippen LogP contribution < -0.4 is 19.5 Å². The van der Waals surface area contributed by atoms with Gasteiger partial charge in [-0.3, -0.25) is 9.52 Å². The number of carbonyl (C=O) groups is 1. The van der Waals surface area contributed by atoms with Gasteiger partial charge in [-0.05, 0) is 36.6 Å². The fourth-order valence-corrected chi connectivity index (χ4v) is 3.95. The van der Waals surface area contributed by atoms with E-state index in [1.807, 2.05) is 6.26 Å². The SMILES string of the molecule is COc1ccc(NS(=O)(=O)c2ccc(SC)c(NC(=O)C(C)C)c2)cc1OC. The van der Waals surface area contributed by atoms with Crippen molar-refractivity contribution < 1.29 is 22.7 Å². The molecule has 152 valence electrons. The molecule has 0 unspecified atom stereocenters. The fourth-order valence-electron chi connectivity index (χ4n) is 2.34. The van der Waals surface area contributed by atoms with Gasteiger partial charge >= 0.3 is 0 Å². The molecule has 1 amide bonds. The maximum Gasteiger partial charge on any atom is 0.261 e. The van der Waals surface area contributed by atoms with Gasteiger partial charge in [-0.15, -0.1) is 11.8 Å². The average molecular weight is 425 g/mol. The molecule has 0 atom stereocenters. The molecule has 0 heterocycles. The monoisotopic (exact) mass is 424 g/mol. The topological polar surface area (TPSA) is 93.7 Å². The van der Waals surface area contributed by atoms with Crippen molar-refractivity contribution in [2.24, 2.45) is 5.92 Å². The van der Waals surface area contributed by atoms with Crippen molar-refractivity contribution in [2.45, 2.75) is 23.6 Å². The Kier molecular flexibility index (Phi) is 7.20. The van der Waals surface area contributed by atoms with Crippen molar-refractivity contribution in [3.63, 3.8) is 0 Å². The normalized spacial score (nSPS) is 11.2. The Labute approximate surface area is 169 Å². The lowest BCUT2D eigenvalue weighted by atomic mass is 10.2. The van der Waals surface area contributed by atoms with E-state index in [1.54, 1.807) is 32.0 Å². The summed E-state index contributed by atoms with van der Waals surface area (Å²) in [4.78, 5) is 12.9. The largest absolute Gasteiger partial charge is 0.493 e. The number of benzene rings is 2. The fraction of sp³-hybridized carbons (Fsp3) is 0.316. The molecule has 2 aromatic rings. The van der Waals surface area contributed by atoms with E-state index >= 15 is 0 Å². The summed E-state index contributed by atoms with van der Waals surface area (Å²) in [6, 6.07) is 9.35. The molecule has 0 saturated carbocycles. The third kappa shape index (κ3) is 5.11. The number of carbonyl (C=O) groups excluding carboxylic acids is 1. The van der Waals surface area contributed by atoms with E-state index in [4.69, 9.17) is 9.47 Å². The van der Waals surface area contributed by atoms with E-state index in [2.05, 4.69) is 10.0 Å². The molecule has 0 aliphatic carbocycles. The van der Waals surface area contributed by atoms with Gasteiger partial charge in [0, 0.05) is 16.9 Å². The Hall–Kier alpha value is -2.39. The number of rotatable bonds is 8. The zero-order valence-corrected chi connectivity index (χ0v) is 18.0. The molecule has 0 aromatic heterocycles. The van der Waals surface area contributed by atoms with Crippen molar-refractivity contribution in [1.82, 2.24) is 0 Å². The molecule has 9 heteroatoms. The van der Waals surface area contributed by atoms with Gasteiger partial charge < -0.3 is 14.8 Å². The number of thioether (sulfide) groups is 1. The first-order valence-electron chi connectivity index (χ1n) is 8.45. The van der Waals surface area contributed by atoms with Crippen LogP contribution in [0.25, 0.3) is 0 Å². The Morgan fingerprint density at radius 3 is 2.29 bits per heavy atom. The first-order chi connectivity index (χ1) is 13.2. The van der Waals surface area contributed by atoms with Crippen LogP contribution in [0.15, 0.2) is 46.2 Å². The van der Waals surface area contributed by atoms with Crippen LogP contribution in [0.4, 0.5) is 11.4 Å². The first-order valence-corrected chi connectivity index (χ1v) is 11.2. The van der Waals surface area contributed by atoms with Gasteiger partial charge in [-0.1, -0.05) is 13.8 Å². The lowest BCUT2D eigenvalue weighted by molar-refractivity contribution is -0.118. The quantitative estimate of drug-likeness (QED) is 0.626. The summed E-state index contributed by atoms with van der Waals surface area (Å²) in [5.41, 5.74) is 0.792. The molecule has 0 aliphatic heterocycles. The minimum atomic E-state index is -3.87. The molecule has 0 aliphatic rings. The van der Waals surface area contributed by atoms with Crippen molar-refractivity contribution in [3.8, 4) is 11.5 Å². The van der Waals surface area contributed by atoms with E-state index in [0.29, 0.717) is 22.9 Å². The smallest absolute Gasteiger partial charge is 0.261 e. The Morgan fingerprint density at radius 2 is 1.71 bits per heavy atom. The predicted molar refractivity (Wildman–Crippen MR) is 112 cm³/mol. The highest BCUT2D eigenvalue weighted by molar-refractivity contribution is 7.98. The van der Waals surface area contributed by atoms with Gasteiger partial charge in [-0.25, -0.2) is 8.42 Å². The molecule has 0 bridgehead atoms. The van der Waals surface area contributed by atoms with Gasteiger partial charge in [0.25, 0.3) is 10.0 Å². The second-order valence-electron chi connectivity index (χ2n) is 6.18. The van der Waals surface area contributed by atoms with Gasteiger partial charge in [0.05, 0.1) is 30.5 Å². The highest BCUT2D eigenvalue weighted by Crippen LogP contribution is 2.32. The zero-order chi connectivity index (χ0) is 20.9. The number of hydrogen-bond donors (Lipinski definition) is 2. The van der Waals surface area contributed by atoms with Crippen LogP contribution in [0, 0.1) is 5.92 Å². The third-order valence-electron chi connectivity index (χ3n) is 3.90. The second kappa shape index (κ2) is 9.20. The maximum atomic E-state index is 12.8. The number of amides is 1. The van der Waals surface area contributed by atoms with Crippen LogP contribution in [0.1, 0.15) is 13.8 Å². The van der Waals surface area contributed by atoms with Gasteiger partial charge in [0.15, 0.2) is 11.5 Å². The Balaban J connectivity index is 2.36. The summed E-state index contributed by atoms with van der Waals surface area (Å²) in [5.74, 6) is 0.497. The van der Waals surface area contributed by atoms with E-state index in [9.17, 15) is 13.2 Å². The molecule has 0 fully saturated rings. The average Bonchev–Trinajstić information content (AvgIpc) is 2.67. The number of methoxy groups -OCH3 is 2. The summed E-state index contributed by atoms with van der Waals surface area (Å²) in [5, 5.41) is 2.78. The number of sulfonamides is 1. The van der Waals surface area contributed by atoms with Crippen molar-refractivity contribution in [2.75, 3.05) is 30.5 Å². The summed E-state index contributed by atoms with van der Waals surface area (Å²) in [6.07, 6.45) is 1.86. The molecule has 2 aromatic carbocycles. The van der Waals surface area contributed by atoms with Crippen LogP contribution in [0.2, 0.25) is 0 Å². The van der Waals surface area contributed by atoms with Crippen LogP contribution >= 0.6 is 11.8 Å². The van der Waals surface area contributed by atoms with Crippen LogP contribution in [-0.4, -0.2) is 34.8 Å². The number of nitrogens with one attached hydrogen (secondary N) is 2. The van der Waals surface area contributed by atoms with Gasteiger partial charge in [0.2, 0.25) is 5.91 Å². The van der Waals surface area contributed by atoms with Gasteiger partial charge in [0.1, 0.15) is 0 Å². The Bertz CT molecular complexity index is 959. The summed E-state index contributed by atoms with van der Waals surface area (Å²) in [6.45, 7) is 3.54. The van der Waals surface area contributed by atoms with E-state index in [-0.39, 0.29) is 16.7 Å². The standard InChI is InChI=1S/C19H24N2O5S2/c1-12(2)19(22)20-15-11-14(7-9-18(15)27-5)28(23,24)21-13-6-8-16(25-3)17(10-13)26-4/h6-12,21H,1-5H3,(H,20,22). The first kappa shape index (κ1) is 21.9. The molecule has 0 radical (unpaired) electrons. The molecule has 28 heavy (non-hydrogen) atoms. The molecule has 0 saturated heterocycles. The maximum absolute atomic E-state index is 12.8. The number of hydrogen-bond acceptors (Lipinski definition) is 6. The van der Waals surface area contributed by atoms with Crippen molar-refractivity contribution >= 4 is 39.1 Å². The molecule has 0 spiro atoms.